The number of oxazole rings is 1. The summed E-state index contributed by atoms with van der Waals surface area (Å²) in [5, 5.41) is 5.66. The lowest BCUT2D eigenvalue weighted by Gasteiger charge is -2.12. The maximum Gasteiger partial charge on any atom is 0.227 e. The molecule has 290 valence electrons. The van der Waals surface area contributed by atoms with Gasteiger partial charge >= 0.3 is 0 Å². The van der Waals surface area contributed by atoms with E-state index < -0.39 is 0 Å². The summed E-state index contributed by atoms with van der Waals surface area (Å²) < 4.78 is 12.3. The minimum atomic E-state index is 0.589. The summed E-state index contributed by atoms with van der Waals surface area (Å²) in [5.41, 5.74) is 14.2. The van der Waals surface area contributed by atoms with Gasteiger partial charge in [-0.2, -0.15) is 0 Å². The Balaban J connectivity index is 0.944. The summed E-state index contributed by atoms with van der Waals surface area (Å²) in [6, 6.07) is 70.4. The molecule has 4 aromatic heterocycles. The van der Waals surface area contributed by atoms with Crippen LogP contribution in [0.1, 0.15) is 0 Å². The van der Waals surface area contributed by atoms with Crippen LogP contribution in [-0.2, 0) is 0 Å². The average Bonchev–Trinajstić information content (AvgIpc) is 4.13. The van der Waals surface area contributed by atoms with E-state index in [2.05, 4.69) is 191 Å². The number of fused-ring (bicyclic) bond motifs is 7. The lowest BCUT2D eigenvalue weighted by molar-refractivity contribution is 0.620. The first kappa shape index (κ1) is 34.7. The van der Waals surface area contributed by atoms with Crippen molar-refractivity contribution in [2.24, 2.45) is 0 Å². The minimum absolute atomic E-state index is 0.589. The predicted molar refractivity (Wildman–Crippen MR) is 255 cm³/mol. The maximum absolute atomic E-state index is 6.57. The standard InChI is InChI=1S/C55H33N5OS/c1-2-12-41(13-3-1)60-50-16-8-6-14-45(50)56-53(60)35-20-25-42(26-21-35)59-48-28-23-39(31-43(48)44-32-40(24-29-49(44)59)55-58-47-15-7-9-17-52(47)62-55)54-57-46-27-22-38(33-51(46)61-54)37-19-18-34-10-4-5-11-36(34)30-37/h1-33H. The highest BCUT2D eigenvalue weighted by atomic mass is 32.1. The third kappa shape index (κ3) is 5.60. The molecule has 0 amide bonds. The van der Waals surface area contributed by atoms with E-state index in [1.54, 1.807) is 11.3 Å². The molecule has 13 aromatic rings. The van der Waals surface area contributed by atoms with Crippen LogP contribution in [0, 0.1) is 0 Å². The third-order valence-corrected chi connectivity index (χ3v) is 13.1. The van der Waals surface area contributed by atoms with Crippen LogP contribution in [0.2, 0.25) is 0 Å². The van der Waals surface area contributed by atoms with Gasteiger partial charge in [0.1, 0.15) is 16.3 Å². The molecule has 6 nitrogen and oxygen atoms in total. The van der Waals surface area contributed by atoms with Gasteiger partial charge in [-0.05, 0) is 137 Å². The highest BCUT2D eigenvalue weighted by Crippen LogP contribution is 2.40. The molecule has 0 aliphatic heterocycles. The van der Waals surface area contributed by atoms with Gasteiger partial charge in [-0.3, -0.25) is 4.57 Å². The van der Waals surface area contributed by atoms with Gasteiger partial charge < -0.3 is 8.98 Å². The molecular formula is C55H33N5OS. The molecule has 0 aliphatic carbocycles. The molecule has 9 aromatic carbocycles. The monoisotopic (exact) mass is 811 g/mol. The largest absolute Gasteiger partial charge is 0.436 e. The number of nitrogens with zero attached hydrogens (tertiary/aromatic N) is 5. The molecule has 0 saturated carbocycles. The fourth-order valence-electron chi connectivity index (χ4n) is 8.98. The van der Waals surface area contributed by atoms with Crippen molar-refractivity contribution in [1.82, 2.24) is 24.1 Å². The molecule has 0 spiro atoms. The quantitative estimate of drug-likeness (QED) is 0.168. The molecule has 0 unspecified atom stereocenters. The van der Waals surface area contributed by atoms with Crippen LogP contribution >= 0.6 is 11.3 Å². The predicted octanol–water partition coefficient (Wildman–Crippen LogP) is 14.7. The Morgan fingerprint density at radius 1 is 0.387 bits per heavy atom. The van der Waals surface area contributed by atoms with Gasteiger partial charge in [-0.25, -0.2) is 15.0 Å². The number of benzene rings is 9. The Morgan fingerprint density at radius 3 is 1.87 bits per heavy atom. The van der Waals surface area contributed by atoms with Crippen LogP contribution in [-0.4, -0.2) is 24.1 Å². The van der Waals surface area contributed by atoms with E-state index in [-0.39, 0.29) is 0 Å². The number of hydrogen-bond donors (Lipinski definition) is 0. The van der Waals surface area contributed by atoms with E-state index in [4.69, 9.17) is 19.4 Å². The minimum Gasteiger partial charge on any atom is -0.436 e. The van der Waals surface area contributed by atoms with E-state index in [1.165, 1.54) is 15.5 Å². The molecule has 0 aliphatic rings. The Bertz CT molecular complexity index is 3840. The van der Waals surface area contributed by atoms with Gasteiger partial charge in [0, 0.05) is 38.8 Å². The molecule has 0 saturated heterocycles. The van der Waals surface area contributed by atoms with Crippen LogP contribution in [0.25, 0.3) is 121 Å². The van der Waals surface area contributed by atoms with E-state index in [9.17, 15) is 0 Å². The highest BCUT2D eigenvalue weighted by molar-refractivity contribution is 7.21. The molecule has 4 heterocycles. The van der Waals surface area contributed by atoms with E-state index in [1.807, 2.05) is 18.2 Å². The molecule has 0 fully saturated rings. The van der Waals surface area contributed by atoms with E-state index >= 15 is 0 Å². The van der Waals surface area contributed by atoms with Crippen molar-refractivity contribution >= 4 is 76.3 Å². The van der Waals surface area contributed by atoms with Crippen molar-refractivity contribution in [2.45, 2.75) is 0 Å². The second kappa shape index (κ2) is 13.7. The Morgan fingerprint density at radius 2 is 1.03 bits per heavy atom. The zero-order valence-electron chi connectivity index (χ0n) is 33.1. The first-order chi connectivity index (χ1) is 30.7. The van der Waals surface area contributed by atoms with Crippen molar-refractivity contribution in [3.8, 4) is 55.9 Å². The van der Waals surface area contributed by atoms with Crippen molar-refractivity contribution in [1.29, 1.82) is 0 Å². The second-order valence-electron chi connectivity index (χ2n) is 15.7. The van der Waals surface area contributed by atoms with Crippen molar-refractivity contribution < 1.29 is 4.42 Å². The lowest BCUT2D eigenvalue weighted by atomic mass is 10.0. The number of aromatic nitrogens is 5. The van der Waals surface area contributed by atoms with E-state index in [0.717, 1.165) is 99.5 Å². The third-order valence-electron chi connectivity index (χ3n) is 12.0. The highest BCUT2D eigenvalue weighted by Gasteiger charge is 2.19. The smallest absolute Gasteiger partial charge is 0.227 e. The average molecular weight is 812 g/mol. The number of imidazole rings is 1. The summed E-state index contributed by atoms with van der Waals surface area (Å²) in [6.45, 7) is 0. The number of hydrogen-bond acceptors (Lipinski definition) is 5. The van der Waals surface area contributed by atoms with Crippen molar-refractivity contribution in [3.05, 3.63) is 200 Å². The van der Waals surface area contributed by atoms with Crippen LogP contribution in [0.5, 0.6) is 0 Å². The lowest BCUT2D eigenvalue weighted by Crippen LogP contribution is -1.98. The fraction of sp³-hybridized carbons (Fsp3) is 0. The zero-order chi connectivity index (χ0) is 40.7. The van der Waals surface area contributed by atoms with Gasteiger partial charge in [0.05, 0.1) is 32.3 Å². The molecule has 13 rings (SSSR count). The maximum atomic E-state index is 6.57. The van der Waals surface area contributed by atoms with Gasteiger partial charge in [-0.1, -0.05) is 84.9 Å². The first-order valence-corrected chi connectivity index (χ1v) is 21.5. The SMILES string of the molecule is c1ccc(-n2c(-c3ccc(-n4c5ccc(-c6nc7ccc(-c8ccc9ccccc9c8)cc7o6)cc5c5cc(-c6nc7ccccc7s6)ccc54)cc3)nc3ccccc32)cc1. The van der Waals surface area contributed by atoms with Crippen LogP contribution in [0.4, 0.5) is 0 Å². The van der Waals surface area contributed by atoms with Crippen LogP contribution in [0.3, 0.4) is 0 Å². The Kier molecular flexibility index (Phi) is 7.67. The van der Waals surface area contributed by atoms with Gasteiger partial charge in [0.25, 0.3) is 0 Å². The summed E-state index contributed by atoms with van der Waals surface area (Å²) in [4.78, 5) is 15.2. The molecule has 7 heteroatoms. The summed E-state index contributed by atoms with van der Waals surface area (Å²) in [5.74, 6) is 1.49. The molecule has 62 heavy (non-hydrogen) atoms. The van der Waals surface area contributed by atoms with Gasteiger partial charge in [0.15, 0.2) is 5.58 Å². The number of rotatable bonds is 6. The summed E-state index contributed by atoms with van der Waals surface area (Å²) >= 11 is 1.72. The molecule has 0 radical (unpaired) electrons. The second-order valence-corrected chi connectivity index (χ2v) is 16.7. The van der Waals surface area contributed by atoms with Gasteiger partial charge in [-0.15, -0.1) is 11.3 Å². The number of thiazole rings is 1. The van der Waals surface area contributed by atoms with Crippen molar-refractivity contribution in [2.75, 3.05) is 0 Å². The molecule has 0 atom stereocenters. The summed E-state index contributed by atoms with van der Waals surface area (Å²) in [6.07, 6.45) is 0. The fourth-order valence-corrected chi connectivity index (χ4v) is 9.94. The number of para-hydroxylation sites is 4. The Labute approximate surface area is 359 Å². The summed E-state index contributed by atoms with van der Waals surface area (Å²) in [7, 11) is 0. The van der Waals surface area contributed by atoms with E-state index in [0.29, 0.717) is 5.89 Å². The van der Waals surface area contributed by atoms with Crippen molar-refractivity contribution in [3.63, 3.8) is 0 Å². The zero-order valence-corrected chi connectivity index (χ0v) is 33.9. The topological polar surface area (TPSA) is 61.7 Å². The van der Waals surface area contributed by atoms with Crippen LogP contribution in [0.15, 0.2) is 205 Å². The normalized spacial score (nSPS) is 11.9. The molecule has 0 N–H and O–H groups in total. The first-order valence-electron chi connectivity index (χ1n) is 20.7. The van der Waals surface area contributed by atoms with Crippen LogP contribution < -0.4 is 0 Å². The molecular weight excluding hydrogens is 779 g/mol. The van der Waals surface area contributed by atoms with Gasteiger partial charge in [0.2, 0.25) is 5.89 Å². The Hall–Kier alpha value is -8.13. The molecule has 0 bridgehead atoms.